The molecule has 0 fully saturated rings. The maximum Gasteiger partial charge on any atom is 0.270 e. The Morgan fingerprint density at radius 3 is 2.44 bits per heavy atom. The summed E-state index contributed by atoms with van der Waals surface area (Å²) in [7, 11) is 0. The van der Waals surface area contributed by atoms with Crippen molar-refractivity contribution in [1.82, 2.24) is 20.6 Å². The Bertz CT molecular complexity index is 1130. The van der Waals surface area contributed by atoms with Crippen molar-refractivity contribution < 1.29 is 9.59 Å². The molecular formula is C22H25N7O2S. The third-order valence-corrected chi connectivity index (χ3v) is 5.96. The summed E-state index contributed by atoms with van der Waals surface area (Å²) in [6.07, 6.45) is 2.17. The highest BCUT2D eigenvalue weighted by Crippen LogP contribution is 2.16. The first-order chi connectivity index (χ1) is 15.4. The lowest BCUT2D eigenvalue weighted by atomic mass is 10.1. The molecule has 0 radical (unpaired) electrons. The standard InChI is InChI=1S/C22H25N7O2S/c1-3-17-8-14(11-32-17)10-25-21(30)18-9-19(27-12-26-18)22(31)28-13(2)15-4-6-16(7-5-15)20(23)29-24/h4-9,11-13H,3,10,24H2,1-2H3,(H2,23,29)(H,25,30)(H,28,31)/t13-/m0/s1. The highest BCUT2D eigenvalue weighted by Gasteiger charge is 2.16. The summed E-state index contributed by atoms with van der Waals surface area (Å²) < 4.78 is 0. The van der Waals surface area contributed by atoms with E-state index in [1.807, 2.05) is 24.4 Å². The SMILES string of the molecule is CCc1cc(CNC(=O)c2cc(C(=O)N[C@@H](C)c3ccc(/C(N)=N/N)cc3)ncn2)cs1. The molecule has 9 nitrogen and oxygen atoms in total. The van der Waals surface area contributed by atoms with E-state index in [-0.39, 0.29) is 29.2 Å². The summed E-state index contributed by atoms with van der Waals surface area (Å²) in [5.41, 5.74) is 8.51. The molecule has 0 bridgehead atoms. The van der Waals surface area contributed by atoms with E-state index >= 15 is 0 Å². The first kappa shape index (κ1) is 22.9. The van der Waals surface area contributed by atoms with Gasteiger partial charge in [0.15, 0.2) is 0 Å². The van der Waals surface area contributed by atoms with E-state index in [2.05, 4.69) is 38.7 Å². The second-order valence-electron chi connectivity index (χ2n) is 7.08. The van der Waals surface area contributed by atoms with Gasteiger partial charge in [-0.05, 0) is 35.9 Å². The number of hydrogen-bond donors (Lipinski definition) is 4. The molecule has 3 aromatic rings. The molecule has 2 aromatic heterocycles. The highest BCUT2D eigenvalue weighted by atomic mass is 32.1. The monoisotopic (exact) mass is 451 g/mol. The van der Waals surface area contributed by atoms with Crippen molar-refractivity contribution >= 4 is 29.0 Å². The van der Waals surface area contributed by atoms with E-state index in [1.165, 1.54) is 17.3 Å². The Kier molecular flexibility index (Phi) is 7.50. The zero-order chi connectivity index (χ0) is 23.1. The molecule has 3 rings (SSSR count). The Morgan fingerprint density at radius 2 is 1.81 bits per heavy atom. The number of hydrazone groups is 1. The zero-order valence-electron chi connectivity index (χ0n) is 17.8. The molecule has 6 N–H and O–H groups in total. The number of aromatic nitrogens is 2. The van der Waals surface area contributed by atoms with Crippen LogP contribution >= 0.6 is 11.3 Å². The van der Waals surface area contributed by atoms with Crippen molar-refractivity contribution in [2.24, 2.45) is 16.7 Å². The predicted octanol–water partition coefficient (Wildman–Crippen LogP) is 2.10. The van der Waals surface area contributed by atoms with Crippen molar-refractivity contribution in [2.45, 2.75) is 32.9 Å². The van der Waals surface area contributed by atoms with E-state index in [0.29, 0.717) is 12.1 Å². The molecule has 2 heterocycles. The molecule has 0 aliphatic rings. The fourth-order valence-electron chi connectivity index (χ4n) is 2.95. The maximum absolute atomic E-state index is 12.7. The van der Waals surface area contributed by atoms with Gasteiger partial charge in [0.1, 0.15) is 23.6 Å². The molecule has 1 aromatic carbocycles. The number of carbonyl (C=O) groups is 2. The van der Waals surface area contributed by atoms with Crippen LogP contribution in [0.15, 0.2) is 53.2 Å². The van der Waals surface area contributed by atoms with Gasteiger partial charge < -0.3 is 22.2 Å². The lowest BCUT2D eigenvalue weighted by Gasteiger charge is -2.14. The number of carbonyl (C=O) groups excluding carboxylic acids is 2. The Morgan fingerprint density at radius 1 is 1.12 bits per heavy atom. The second kappa shape index (κ2) is 10.5. The summed E-state index contributed by atoms with van der Waals surface area (Å²) in [4.78, 5) is 34.4. The first-order valence-corrected chi connectivity index (χ1v) is 10.9. The summed E-state index contributed by atoms with van der Waals surface area (Å²) in [5, 5.41) is 11.2. The van der Waals surface area contributed by atoms with Gasteiger partial charge in [-0.25, -0.2) is 9.97 Å². The van der Waals surface area contributed by atoms with Gasteiger partial charge in [-0.2, -0.15) is 5.10 Å². The molecule has 0 spiro atoms. The molecule has 0 unspecified atom stereocenters. The van der Waals surface area contributed by atoms with Gasteiger partial charge in [-0.3, -0.25) is 9.59 Å². The molecule has 0 saturated carbocycles. The second-order valence-corrected chi connectivity index (χ2v) is 8.07. The van der Waals surface area contributed by atoms with Crippen molar-refractivity contribution in [2.75, 3.05) is 0 Å². The van der Waals surface area contributed by atoms with E-state index in [0.717, 1.165) is 17.5 Å². The summed E-state index contributed by atoms with van der Waals surface area (Å²) in [6, 6.07) is 10.3. The average Bonchev–Trinajstić information content (AvgIpc) is 3.30. The number of hydrogen-bond acceptors (Lipinski definition) is 7. The molecule has 0 aliphatic heterocycles. The van der Waals surface area contributed by atoms with Crippen LogP contribution in [0.5, 0.6) is 0 Å². The number of nitrogens with one attached hydrogen (secondary N) is 2. The van der Waals surface area contributed by atoms with Crippen molar-refractivity contribution in [3.8, 4) is 0 Å². The number of thiophene rings is 1. The minimum atomic E-state index is -0.411. The average molecular weight is 452 g/mol. The summed E-state index contributed by atoms with van der Waals surface area (Å²) in [6.45, 7) is 4.32. The van der Waals surface area contributed by atoms with Crippen LogP contribution in [-0.2, 0) is 13.0 Å². The van der Waals surface area contributed by atoms with Crippen LogP contribution in [0.1, 0.15) is 62.4 Å². The lowest BCUT2D eigenvalue weighted by molar-refractivity contribution is 0.0934. The Labute approximate surface area is 190 Å². The van der Waals surface area contributed by atoms with Crippen molar-refractivity contribution in [1.29, 1.82) is 0 Å². The smallest absolute Gasteiger partial charge is 0.270 e. The minimum absolute atomic E-state index is 0.108. The van der Waals surface area contributed by atoms with E-state index in [9.17, 15) is 9.59 Å². The van der Waals surface area contributed by atoms with Crippen LogP contribution in [0.2, 0.25) is 0 Å². The van der Waals surface area contributed by atoms with E-state index < -0.39 is 5.91 Å². The Balaban J connectivity index is 1.62. The van der Waals surface area contributed by atoms with Gasteiger partial charge in [0.05, 0.1) is 6.04 Å². The minimum Gasteiger partial charge on any atom is -0.382 e. The van der Waals surface area contributed by atoms with Crippen LogP contribution in [0.4, 0.5) is 0 Å². The van der Waals surface area contributed by atoms with Crippen LogP contribution in [0.3, 0.4) is 0 Å². The molecule has 0 aliphatic carbocycles. The van der Waals surface area contributed by atoms with Gasteiger partial charge in [0.25, 0.3) is 11.8 Å². The molecule has 10 heteroatoms. The number of nitrogens with two attached hydrogens (primary N) is 2. The summed E-state index contributed by atoms with van der Waals surface area (Å²) >= 11 is 1.66. The fourth-order valence-corrected chi connectivity index (χ4v) is 3.79. The number of amidine groups is 1. The van der Waals surface area contributed by atoms with E-state index in [1.54, 1.807) is 23.5 Å². The fraction of sp³-hybridized carbons (Fsp3) is 0.227. The number of nitrogens with zero attached hydrogens (tertiary/aromatic N) is 3. The predicted molar refractivity (Wildman–Crippen MR) is 124 cm³/mol. The third kappa shape index (κ3) is 5.67. The zero-order valence-corrected chi connectivity index (χ0v) is 18.6. The molecular weight excluding hydrogens is 426 g/mol. The summed E-state index contributed by atoms with van der Waals surface area (Å²) in [5.74, 6) is 4.64. The number of amides is 2. The normalized spacial score (nSPS) is 12.2. The van der Waals surface area contributed by atoms with Crippen LogP contribution in [-0.4, -0.2) is 27.6 Å². The van der Waals surface area contributed by atoms with Crippen molar-refractivity contribution in [3.05, 3.63) is 81.1 Å². The molecule has 1 atom stereocenters. The molecule has 0 saturated heterocycles. The largest absolute Gasteiger partial charge is 0.382 e. The molecule has 2 amide bonds. The van der Waals surface area contributed by atoms with Gasteiger partial charge in [-0.1, -0.05) is 31.2 Å². The van der Waals surface area contributed by atoms with Crippen LogP contribution < -0.4 is 22.2 Å². The molecule has 32 heavy (non-hydrogen) atoms. The maximum atomic E-state index is 12.7. The third-order valence-electron chi connectivity index (χ3n) is 4.84. The number of benzene rings is 1. The van der Waals surface area contributed by atoms with E-state index in [4.69, 9.17) is 11.6 Å². The van der Waals surface area contributed by atoms with Crippen molar-refractivity contribution in [3.63, 3.8) is 0 Å². The van der Waals surface area contributed by atoms with Gasteiger partial charge >= 0.3 is 0 Å². The van der Waals surface area contributed by atoms with Gasteiger partial charge in [-0.15, -0.1) is 11.3 Å². The first-order valence-electron chi connectivity index (χ1n) is 10.0. The topological polar surface area (TPSA) is 148 Å². The van der Waals surface area contributed by atoms with Crippen LogP contribution in [0, 0.1) is 0 Å². The Hall–Kier alpha value is -3.79. The van der Waals surface area contributed by atoms with Gasteiger partial charge in [0.2, 0.25) is 0 Å². The number of aryl methyl sites for hydroxylation is 1. The highest BCUT2D eigenvalue weighted by molar-refractivity contribution is 7.10. The lowest BCUT2D eigenvalue weighted by Crippen LogP contribution is -2.29. The molecule has 166 valence electrons. The van der Waals surface area contributed by atoms with Crippen LogP contribution in [0.25, 0.3) is 0 Å². The van der Waals surface area contributed by atoms with Gasteiger partial charge in [0, 0.05) is 23.1 Å². The number of rotatable bonds is 8. The quantitative estimate of drug-likeness (QED) is 0.178.